The lowest BCUT2D eigenvalue weighted by Gasteiger charge is -2.30. The van der Waals surface area contributed by atoms with Gasteiger partial charge in [-0.05, 0) is 69.6 Å². The van der Waals surface area contributed by atoms with Gasteiger partial charge < -0.3 is 0 Å². The summed E-state index contributed by atoms with van der Waals surface area (Å²) in [4.78, 5) is 50.5. The fourth-order valence-electron chi connectivity index (χ4n) is 5.24. The second kappa shape index (κ2) is 17.8. The van der Waals surface area contributed by atoms with Gasteiger partial charge in [-0.15, -0.1) is 6.58 Å². The average molecular weight is 491 g/mol. The fourth-order valence-corrected chi connectivity index (χ4v) is 5.24. The van der Waals surface area contributed by atoms with Gasteiger partial charge in [-0.1, -0.05) is 47.6 Å². The standard InChI is InChI=1S/C31H54O4/c1-8-25(9-2)28(34)21-17-15-20-27(33)24-31(13-6,14-7)29(35)22-18-16-19-26(32)23-30(10-3,11-4)12-5/h10,25H,3,8-9,11-24H2,1-2,4-7H3. The maximum absolute atomic E-state index is 13.1. The van der Waals surface area contributed by atoms with Crippen LogP contribution in [-0.2, 0) is 19.2 Å². The van der Waals surface area contributed by atoms with Crippen molar-refractivity contribution in [1.29, 1.82) is 0 Å². The van der Waals surface area contributed by atoms with Gasteiger partial charge in [-0.25, -0.2) is 0 Å². The zero-order valence-electron chi connectivity index (χ0n) is 23.8. The Bertz CT molecular complexity index is 663. The first-order valence-electron chi connectivity index (χ1n) is 14.4. The predicted octanol–water partition coefficient (Wildman–Crippen LogP) is 8.40. The Morgan fingerprint density at radius 3 is 1.54 bits per heavy atom. The SMILES string of the molecule is C=CC(CC)(CC)CC(=O)CCCCC(=O)C(CC)(CC)CC(=O)CCCCC(=O)C(CC)CC. The number of Topliss-reactive ketones (excluding diaryl/α,β-unsaturated/α-hetero) is 4. The molecule has 35 heavy (non-hydrogen) atoms. The van der Waals surface area contributed by atoms with Crippen molar-refractivity contribution < 1.29 is 19.2 Å². The summed E-state index contributed by atoms with van der Waals surface area (Å²) in [7, 11) is 0. The molecule has 0 radical (unpaired) electrons. The van der Waals surface area contributed by atoms with Crippen LogP contribution >= 0.6 is 0 Å². The van der Waals surface area contributed by atoms with E-state index < -0.39 is 5.41 Å². The summed E-state index contributed by atoms with van der Waals surface area (Å²) in [6.07, 6.45) is 12.5. The molecule has 0 N–H and O–H groups in total. The van der Waals surface area contributed by atoms with E-state index in [-0.39, 0.29) is 28.7 Å². The molecule has 0 saturated carbocycles. The van der Waals surface area contributed by atoms with E-state index in [0.29, 0.717) is 76.4 Å². The first kappa shape index (κ1) is 33.4. The number of ketones is 4. The first-order chi connectivity index (χ1) is 16.6. The molecule has 0 aromatic heterocycles. The van der Waals surface area contributed by atoms with E-state index in [1.54, 1.807) is 0 Å². The first-order valence-corrected chi connectivity index (χ1v) is 14.4. The molecule has 0 amide bonds. The van der Waals surface area contributed by atoms with Gasteiger partial charge in [-0.3, -0.25) is 19.2 Å². The molecule has 0 unspecified atom stereocenters. The van der Waals surface area contributed by atoms with E-state index in [1.807, 2.05) is 33.8 Å². The minimum absolute atomic E-state index is 0.103. The normalized spacial score (nSPS) is 12.1. The smallest absolute Gasteiger partial charge is 0.139 e. The van der Waals surface area contributed by atoms with E-state index in [2.05, 4.69) is 20.4 Å². The highest BCUT2D eigenvalue weighted by Gasteiger charge is 2.36. The van der Waals surface area contributed by atoms with E-state index in [0.717, 1.165) is 32.1 Å². The number of carbonyl (C=O) groups is 4. The summed E-state index contributed by atoms with van der Waals surface area (Å²) in [5, 5.41) is 0. The van der Waals surface area contributed by atoms with E-state index in [1.165, 1.54) is 0 Å². The molecule has 0 aliphatic heterocycles. The van der Waals surface area contributed by atoms with Gasteiger partial charge in [0.15, 0.2) is 0 Å². The maximum Gasteiger partial charge on any atom is 0.139 e. The molecule has 4 nitrogen and oxygen atoms in total. The highest BCUT2D eigenvalue weighted by molar-refractivity contribution is 5.91. The summed E-state index contributed by atoms with van der Waals surface area (Å²) in [5.41, 5.74) is -0.692. The van der Waals surface area contributed by atoms with Crippen LogP contribution in [0.4, 0.5) is 0 Å². The van der Waals surface area contributed by atoms with Crippen LogP contribution in [0.2, 0.25) is 0 Å². The summed E-state index contributed by atoms with van der Waals surface area (Å²) < 4.78 is 0. The highest BCUT2D eigenvalue weighted by Crippen LogP contribution is 2.35. The monoisotopic (exact) mass is 490 g/mol. The van der Waals surface area contributed by atoms with Gasteiger partial charge in [0.1, 0.15) is 23.1 Å². The van der Waals surface area contributed by atoms with Crippen molar-refractivity contribution in [1.82, 2.24) is 0 Å². The largest absolute Gasteiger partial charge is 0.300 e. The lowest BCUT2D eigenvalue weighted by atomic mass is 9.72. The quantitative estimate of drug-likeness (QED) is 0.106. The van der Waals surface area contributed by atoms with Gasteiger partial charge in [-0.2, -0.15) is 0 Å². The highest BCUT2D eigenvalue weighted by atomic mass is 16.1. The number of unbranched alkanes of at least 4 members (excludes halogenated alkanes) is 2. The van der Waals surface area contributed by atoms with Crippen LogP contribution in [0.1, 0.15) is 144 Å². The number of carbonyl (C=O) groups excluding carboxylic acids is 4. The minimum atomic E-state index is -0.588. The second-order valence-corrected chi connectivity index (χ2v) is 10.5. The number of rotatable bonds is 23. The molecule has 0 heterocycles. The molecule has 4 heteroatoms. The Morgan fingerprint density at radius 1 is 0.657 bits per heavy atom. The lowest BCUT2D eigenvalue weighted by molar-refractivity contribution is -0.135. The Hall–Kier alpha value is -1.58. The zero-order valence-corrected chi connectivity index (χ0v) is 23.8. The average Bonchev–Trinajstić information content (AvgIpc) is 2.87. The van der Waals surface area contributed by atoms with Crippen LogP contribution in [0.3, 0.4) is 0 Å². The molecule has 0 bridgehead atoms. The van der Waals surface area contributed by atoms with Gasteiger partial charge in [0, 0.05) is 49.9 Å². The minimum Gasteiger partial charge on any atom is -0.300 e. The van der Waals surface area contributed by atoms with Crippen molar-refractivity contribution in [2.45, 2.75) is 144 Å². The topological polar surface area (TPSA) is 68.3 Å². The third kappa shape index (κ3) is 11.3. The summed E-state index contributed by atoms with van der Waals surface area (Å²) in [6.45, 7) is 16.2. The van der Waals surface area contributed by atoms with Crippen molar-refractivity contribution >= 4 is 23.1 Å². The lowest BCUT2D eigenvalue weighted by Crippen LogP contribution is -2.32. The zero-order chi connectivity index (χ0) is 26.9. The second-order valence-electron chi connectivity index (χ2n) is 10.5. The molecule has 0 saturated heterocycles. The summed E-state index contributed by atoms with van der Waals surface area (Å²) >= 11 is 0. The van der Waals surface area contributed by atoms with Crippen molar-refractivity contribution in [3.05, 3.63) is 12.7 Å². The van der Waals surface area contributed by atoms with Crippen LogP contribution in [0.5, 0.6) is 0 Å². The number of hydrogen-bond acceptors (Lipinski definition) is 4. The molecule has 202 valence electrons. The summed E-state index contributed by atoms with van der Waals surface area (Å²) in [5.74, 6) is 0.999. The van der Waals surface area contributed by atoms with E-state index in [9.17, 15) is 19.2 Å². The van der Waals surface area contributed by atoms with Gasteiger partial charge in [0.05, 0.1) is 0 Å². The fraction of sp³-hybridized carbons (Fsp3) is 0.806. The molecule has 0 aliphatic rings. The Kier molecular flexibility index (Phi) is 17.0. The third-order valence-corrected chi connectivity index (χ3v) is 8.55. The molecule has 0 aliphatic carbocycles. The molecule has 0 aromatic carbocycles. The molecule has 0 fully saturated rings. The van der Waals surface area contributed by atoms with Crippen molar-refractivity contribution in [3.63, 3.8) is 0 Å². The molecule has 0 spiro atoms. The predicted molar refractivity (Wildman–Crippen MR) is 146 cm³/mol. The van der Waals surface area contributed by atoms with Gasteiger partial charge in [0.25, 0.3) is 0 Å². The van der Waals surface area contributed by atoms with Crippen LogP contribution in [-0.4, -0.2) is 23.1 Å². The van der Waals surface area contributed by atoms with Gasteiger partial charge >= 0.3 is 0 Å². The number of allylic oxidation sites excluding steroid dienone is 1. The van der Waals surface area contributed by atoms with Crippen LogP contribution in [0.15, 0.2) is 12.7 Å². The van der Waals surface area contributed by atoms with Crippen molar-refractivity contribution in [2.24, 2.45) is 16.7 Å². The number of hydrogen-bond donors (Lipinski definition) is 0. The van der Waals surface area contributed by atoms with Crippen LogP contribution in [0.25, 0.3) is 0 Å². The molecule has 0 atom stereocenters. The summed E-state index contributed by atoms with van der Waals surface area (Å²) in [6, 6.07) is 0. The Balaban J connectivity index is 4.60. The van der Waals surface area contributed by atoms with E-state index >= 15 is 0 Å². The van der Waals surface area contributed by atoms with Crippen LogP contribution < -0.4 is 0 Å². The van der Waals surface area contributed by atoms with E-state index in [4.69, 9.17) is 0 Å². The van der Waals surface area contributed by atoms with Gasteiger partial charge in [0.2, 0.25) is 0 Å². The van der Waals surface area contributed by atoms with Crippen molar-refractivity contribution in [3.8, 4) is 0 Å². The molecule has 0 aromatic rings. The maximum atomic E-state index is 13.1. The van der Waals surface area contributed by atoms with Crippen molar-refractivity contribution in [2.75, 3.05) is 0 Å². The molecule has 0 rings (SSSR count). The molecular weight excluding hydrogens is 436 g/mol. The molecular formula is C31H54O4. The Labute approximate surface area is 216 Å². The Morgan fingerprint density at radius 2 is 1.11 bits per heavy atom. The third-order valence-electron chi connectivity index (χ3n) is 8.55. The van der Waals surface area contributed by atoms with Crippen LogP contribution in [0, 0.1) is 16.7 Å².